The molecule has 3 heterocycles. The van der Waals surface area contributed by atoms with Crippen molar-refractivity contribution < 1.29 is 4.79 Å². The van der Waals surface area contributed by atoms with Crippen LogP contribution in [0.2, 0.25) is 0 Å². The Hall–Kier alpha value is -2.63. The molecule has 2 saturated heterocycles. The second-order valence-electron chi connectivity index (χ2n) is 8.03. The number of hydrogen-bond donors (Lipinski definition) is 1. The van der Waals surface area contributed by atoms with Crippen molar-refractivity contribution in [2.75, 3.05) is 36.4 Å². The first-order valence-electron chi connectivity index (χ1n) is 9.71. The number of likely N-dealkylation sites (tertiary alicyclic amines) is 1. The van der Waals surface area contributed by atoms with Crippen LogP contribution in [0.1, 0.15) is 30.5 Å². The third kappa shape index (κ3) is 3.89. The summed E-state index contributed by atoms with van der Waals surface area (Å²) < 4.78 is 0. The van der Waals surface area contributed by atoms with E-state index in [2.05, 4.69) is 26.5 Å². The Morgan fingerprint density at radius 3 is 2.74 bits per heavy atom. The standard InChI is InChI=1S/C21H27N5O/c1-16-5-3-6-18(13-16)22-20(27)26-12-10-21(15-26)9-4-11-25(14-21)19-8-7-17(2)23-24-19/h3,5-8,13H,4,9-12,14-15H2,1-2H3,(H,22,27). The molecule has 27 heavy (non-hydrogen) atoms. The zero-order valence-electron chi connectivity index (χ0n) is 16.1. The number of benzene rings is 1. The third-order valence-corrected chi connectivity index (χ3v) is 5.76. The van der Waals surface area contributed by atoms with Crippen LogP contribution in [0.4, 0.5) is 16.3 Å². The number of carbonyl (C=O) groups is 1. The van der Waals surface area contributed by atoms with Gasteiger partial charge in [-0.3, -0.25) is 0 Å². The summed E-state index contributed by atoms with van der Waals surface area (Å²) in [5, 5.41) is 11.6. The minimum absolute atomic E-state index is 0.00438. The van der Waals surface area contributed by atoms with Crippen LogP contribution in [-0.2, 0) is 0 Å². The van der Waals surface area contributed by atoms with E-state index in [4.69, 9.17) is 0 Å². The lowest BCUT2D eigenvalue weighted by Gasteiger charge is -2.40. The summed E-state index contributed by atoms with van der Waals surface area (Å²) in [7, 11) is 0. The maximum atomic E-state index is 12.7. The Bertz CT molecular complexity index is 822. The molecule has 142 valence electrons. The summed E-state index contributed by atoms with van der Waals surface area (Å²) in [6.07, 6.45) is 3.34. The highest BCUT2D eigenvalue weighted by atomic mass is 16.2. The van der Waals surface area contributed by atoms with Crippen molar-refractivity contribution in [3.8, 4) is 0 Å². The van der Waals surface area contributed by atoms with Crippen LogP contribution in [0, 0.1) is 19.3 Å². The first-order valence-corrected chi connectivity index (χ1v) is 9.71. The molecule has 1 spiro atoms. The van der Waals surface area contributed by atoms with Gasteiger partial charge < -0.3 is 15.1 Å². The van der Waals surface area contributed by atoms with E-state index in [0.29, 0.717) is 0 Å². The molecule has 0 saturated carbocycles. The molecule has 2 fully saturated rings. The fraction of sp³-hybridized carbons (Fsp3) is 0.476. The zero-order valence-corrected chi connectivity index (χ0v) is 16.1. The number of nitrogens with one attached hydrogen (secondary N) is 1. The lowest BCUT2D eigenvalue weighted by atomic mass is 9.79. The lowest BCUT2D eigenvalue weighted by molar-refractivity contribution is 0.203. The quantitative estimate of drug-likeness (QED) is 0.883. The summed E-state index contributed by atoms with van der Waals surface area (Å²) in [4.78, 5) is 17.0. The number of urea groups is 1. The molecular formula is C21H27N5O. The summed E-state index contributed by atoms with van der Waals surface area (Å²) in [6, 6.07) is 12.0. The predicted molar refractivity (Wildman–Crippen MR) is 107 cm³/mol. The summed E-state index contributed by atoms with van der Waals surface area (Å²) in [5.41, 5.74) is 3.11. The van der Waals surface area contributed by atoms with E-state index in [-0.39, 0.29) is 11.4 Å². The van der Waals surface area contributed by atoms with Crippen LogP contribution in [0.3, 0.4) is 0 Å². The molecule has 2 aliphatic rings. The third-order valence-electron chi connectivity index (χ3n) is 5.76. The number of aromatic nitrogens is 2. The second kappa shape index (κ2) is 7.18. The van der Waals surface area contributed by atoms with E-state index in [0.717, 1.165) is 68.2 Å². The fourth-order valence-corrected chi connectivity index (χ4v) is 4.33. The molecule has 2 amide bonds. The van der Waals surface area contributed by atoms with Gasteiger partial charge in [-0.05, 0) is 62.9 Å². The molecule has 4 rings (SSSR count). The Kier molecular flexibility index (Phi) is 4.72. The fourth-order valence-electron chi connectivity index (χ4n) is 4.33. The van der Waals surface area contributed by atoms with E-state index in [1.165, 1.54) is 0 Å². The Labute approximate surface area is 160 Å². The van der Waals surface area contributed by atoms with E-state index in [1.54, 1.807) is 0 Å². The molecule has 1 aromatic carbocycles. The van der Waals surface area contributed by atoms with E-state index >= 15 is 0 Å². The molecule has 6 nitrogen and oxygen atoms in total. The number of nitrogens with zero attached hydrogens (tertiary/aromatic N) is 4. The van der Waals surface area contributed by atoms with E-state index in [1.807, 2.05) is 49.1 Å². The predicted octanol–water partition coefficient (Wildman–Crippen LogP) is 3.62. The molecule has 6 heteroatoms. The normalized spacial score (nSPS) is 22.3. The molecule has 1 atom stereocenters. The van der Waals surface area contributed by atoms with E-state index < -0.39 is 0 Å². The van der Waals surface area contributed by atoms with Gasteiger partial charge in [0.1, 0.15) is 0 Å². The monoisotopic (exact) mass is 365 g/mol. The summed E-state index contributed by atoms with van der Waals surface area (Å²) in [6.45, 7) is 7.56. The van der Waals surface area contributed by atoms with Gasteiger partial charge in [0.25, 0.3) is 0 Å². The molecule has 1 aromatic heterocycles. The van der Waals surface area contributed by atoms with Gasteiger partial charge in [-0.15, -0.1) is 5.10 Å². The smallest absolute Gasteiger partial charge is 0.321 e. The summed E-state index contributed by atoms with van der Waals surface area (Å²) >= 11 is 0. The SMILES string of the molecule is Cc1cccc(NC(=O)N2CCC3(CCCN(c4ccc(C)nn4)C3)C2)c1. The first-order chi connectivity index (χ1) is 13.0. The number of aryl methyl sites for hydroxylation is 2. The average Bonchev–Trinajstić information content (AvgIpc) is 3.06. The number of amides is 2. The largest absolute Gasteiger partial charge is 0.355 e. The van der Waals surface area contributed by atoms with Crippen LogP contribution in [-0.4, -0.2) is 47.3 Å². The molecule has 0 radical (unpaired) electrons. The van der Waals surface area contributed by atoms with Crippen LogP contribution < -0.4 is 10.2 Å². The Morgan fingerprint density at radius 2 is 1.96 bits per heavy atom. The first kappa shape index (κ1) is 17.8. The van der Waals surface area contributed by atoms with Crippen molar-refractivity contribution in [2.24, 2.45) is 5.41 Å². The average molecular weight is 365 g/mol. The molecule has 2 aliphatic heterocycles. The van der Waals surface area contributed by atoms with Crippen LogP contribution in [0.5, 0.6) is 0 Å². The summed E-state index contributed by atoms with van der Waals surface area (Å²) in [5.74, 6) is 0.947. The van der Waals surface area contributed by atoms with E-state index in [9.17, 15) is 4.79 Å². The topological polar surface area (TPSA) is 61.4 Å². The minimum atomic E-state index is 0.00438. The Morgan fingerprint density at radius 1 is 1.07 bits per heavy atom. The van der Waals surface area contributed by atoms with Crippen molar-refractivity contribution in [3.05, 3.63) is 47.7 Å². The van der Waals surface area contributed by atoms with Gasteiger partial charge in [0.2, 0.25) is 0 Å². The molecule has 0 bridgehead atoms. The molecular weight excluding hydrogens is 338 g/mol. The van der Waals surface area contributed by atoms with Crippen molar-refractivity contribution in [1.29, 1.82) is 0 Å². The van der Waals surface area contributed by atoms with Gasteiger partial charge in [0.15, 0.2) is 5.82 Å². The number of hydrogen-bond acceptors (Lipinski definition) is 4. The highest BCUT2D eigenvalue weighted by Gasteiger charge is 2.43. The molecule has 0 aliphatic carbocycles. The van der Waals surface area contributed by atoms with Gasteiger partial charge in [-0.25, -0.2) is 4.79 Å². The number of piperidine rings is 1. The number of rotatable bonds is 2. The van der Waals surface area contributed by atoms with Gasteiger partial charge in [-0.2, -0.15) is 5.10 Å². The van der Waals surface area contributed by atoms with Crippen molar-refractivity contribution in [3.63, 3.8) is 0 Å². The van der Waals surface area contributed by atoms with Crippen molar-refractivity contribution in [1.82, 2.24) is 15.1 Å². The zero-order chi connectivity index (χ0) is 18.9. The maximum absolute atomic E-state index is 12.7. The van der Waals surface area contributed by atoms with Crippen LogP contribution in [0.25, 0.3) is 0 Å². The Balaban J connectivity index is 1.41. The molecule has 1 unspecified atom stereocenters. The van der Waals surface area contributed by atoms with Gasteiger partial charge in [0, 0.05) is 37.3 Å². The van der Waals surface area contributed by atoms with Crippen LogP contribution in [0.15, 0.2) is 36.4 Å². The highest BCUT2D eigenvalue weighted by Crippen LogP contribution is 2.40. The number of anilines is 2. The minimum Gasteiger partial charge on any atom is -0.355 e. The molecule has 1 N–H and O–H groups in total. The lowest BCUT2D eigenvalue weighted by Crippen LogP contribution is -2.46. The van der Waals surface area contributed by atoms with Crippen molar-refractivity contribution in [2.45, 2.75) is 33.1 Å². The van der Waals surface area contributed by atoms with Gasteiger partial charge >= 0.3 is 6.03 Å². The van der Waals surface area contributed by atoms with Gasteiger partial charge in [0.05, 0.1) is 5.69 Å². The maximum Gasteiger partial charge on any atom is 0.321 e. The second-order valence-corrected chi connectivity index (χ2v) is 8.03. The van der Waals surface area contributed by atoms with Gasteiger partial charge in [-0.1, -0.05) is 12.1 Å². The van der Waals surface area contributed by atoms with Crippen LogP contribution >= 0.6 is 0 Å². The highest BCUT2D eigenvalue weighted by molar-refractivity contribution is 5.89. The van der Waals surface area contributed by atoms with Crippen molar-refractivity contribution >= 4 is 17.5 Å². The number of carbonyl (C=O) groups excluding carboxylic acids is 1. The molecule has 2 aromatic rings.